The zero-order chi connectivity index (χ0) is 27.1. The number of benzene rings is 3. The Balaban J connectivity index is 1.40. The summed E-state index contributed by atoms with van der Waals surface area (Å²) in [5.74, 6) is -1.12. The summed E-state index contributed by atoms with van der Waals surface area (Å²) in [6.07, 6.45) is -5.07. The van der Waals surface area contributed by atoms with E-state index in [4.69, 9.17) is 9.47 Å². The first-order valence-electron chi connectivity index (χ1n) is 11.3. The van der Waals surface area contributed by atoms with E-state index in [1.807, 2.05) is 0 Å². The Morgan fingerprint density at radius 1 is 1.00 bits per heavy atom. The van der Waals surface area contributed by atoms with E-state index in [-0.39, 0.29) is 18.1 Å². The zero-order valence-electron chi connectivity index (χ0n) is 19.4. The van der Waals surface area contributed by atoms with Gasteiger partial charge in [0.05, 0.1) is 41.6 Å². The van der Waals surface area contributed by atoms with Gasteiger partial charge in [0.2, 0.25) is 0 Å². The highest BCUT2D eigenvalue weighted by Gasteiger charge is 2.40. The van der Waals surface area contributed by atoms with Crippen molar-refractivity contribution in [2.45, 2.75) is 23.4 Å². The summed E-state index contributed by atoms with van der Waals surface area (Å²) < 4.78 is 95.5. The lowest BCUT2D eigenvalue weighted by molar-refractivity contribution is -0.274. The number of fused-ring (bicyclic) bond motifs is 2. The third kappa shape index (κ3) is 5.30. The summed E-state index contributed by atoms with van der Waals surface area (Å²) in [5.41, 5.74) is 0.923. The van der Waals surface area contributed by atoms with Crippen molar-refractivity contribution in [1.29, 1.82) is 0 Å². The van der Waals surface area contributed by atoms with Crippen LogP contribution in [0.4, 0.5) is 28.9 Å². The third-order valence-corrected chi connectivity index (χ3v) is 7.30. The monoisotopic (exact) mass is 552 g/mol. The van der Waals surface area contributed by atoms with Crippen molar-refractivity contribution in [2.75, 3.05) is 18.1 Å². The van der Waals surface area contributed by atoms with Gasteiger partial charge in [0, 0.05) is 18.2 Å². The van der Waals surface area contributed by atoms with Crippen LogP contribution in [0.2, 0.25) is 0 Å². The van der Waals surface area contributed by atoms with Crippen LogP contribution in [0, 0.1) is 11.7 Å². The highest BCUT2D eigenvalue weighted by molar-refractivity contribution is 7.90. The fraction of sp³-hybridized carbons (Fsp3) is 0.240. The molecule has 0 aromatic heterocycles. The number of alkyl halides is 3. The summed E-state index contributed by atoms with van der Waals surface area (Å²) in [5, 5.41) is 11.2. The number of halogens is 4. The van der Waals surface area contributed by atoms with Gasteiger partial charge in [-0.2, -0.15) is 12.8 Å². The number of aliphatic hydroxyl groups excluding tert-OH is 1. The van der Waals surface area contributed by atoms with Crippen molar-refractivity contribution in [2.24, 2.45) is 10.3 Å². The molecule has 2 unspecified atom stereocenters. The Hall–Kier alpha value is -3.68. The number of sulfonamides is 1. The van der Waals surface area contributed by atoms with Crippen LogP contribution in [-0.2, 0) is 14.8 Å². The quantitative estimate of drug-likeness (QED) is 0.359. The minimum atomic E-state index is -4.92. The maximum absolute atomic E-state index is 14.2. The number of hydrogen-bond donors (Lipinski definition) is 1. The molecule has 3 aromatic carbocycles. The number of hydrogen-bond acceptors (Lipinski definition) is 7. The van der Waals surface area contributed by atoms with Crippen LogP contribution in [0.3, 0.4) is 0 Å². The summed E-state index contributed by atoms with van der Waals surface area (Å²) in [7, 11) is -4.31. The van der Waals surface area contributed by atoms with Crippen molar-refractivity contribution in [3.8, 4) is 17.2 Å². The molecule has 3 aromatic rings. The smallest absolute Gasteiger partial charge is 0.453 e. The van der Waals surface area contributed by atoms with Crippen LogP contribution >= 0.6 is 0 Å². The number of anilines is 2. The van der Waals surface area contributed by atoms with Crippen molar-refractivity contribution < 1.29 is 45.3 Å². The molecule has 0 bridgehead atoms. The number of para-hydroxylation sites is 2. The maximum Gasteiger partial charge on any atom is 0.573 e. The van der Waals surface area contributed by atoms with Crippen LogP contribution in [0.25, 0.3) is 0 Å². The van der Waals surface area contributed by atoms with Gasteiger partial charge in [0.1, 0.15) is 11.6 Å². The molecule has 1 saturated heterocycles. The molecule has 0 aliphatic carbocycles. The first-order chi connectivity index (χ1) is 18.0. The molecule has 5 rings (SSSR count). The van der Waals surface area contributed by atoms with Crippen molar-refractivity contribution in [3.05, 3.63) is 72.5 Å². The first-order valence-corrected chi connectivity index (χ1v) is 12.7. The molecule has 8 nitrogen and oxygen atoms in total. The van der Waals surface area contributed by atoms with Crippen LogP contribution in [0.15, 0.2) is 76.0 Å². The topological polar surface area (TPSA) is 97.7 Å². The van der Waals surface area contributed by atoms with Gasteiger partial charge >= 0.3 is 6.36 Å². The van der Waals surface area contributed by atoms with E-state index >= 15 is 0 Å². The molecule has 2 aliphatic rings. The van der Waals surface area contributed by atoms with Gasteiger partial charge in [0.25, 0.3) is 10.0 Å². The largest absolute Gasteiger partial charge is 0.573 e. The van der Waals surface area contributed by atoms with Gasteiger partial charge in [-0.1, -0.05) is 12.1 Å². The molecule has 2 aliphatic heterocycles. The Morgan fingerprint density at radius 2 is 1.71 bits per heavy atom. The van der Waals surface area contributed by atoms with Crippen molar-refractivity contribution in [3.63, 3.8) is 0 Å². The number of ether oxygens (including phenoxy) is 3. The second-order valence-electron chi connectivity index (χ2n) is 8.56. The van der Waals surface area contributed by atoms with Crippen LogP contribution in [-0.4, -0.2) is 51.5 Å². The average Bonchev–Trinajstić information content (AvgIpc) is 2.86. The van der Waals surface area contributed by atoms with Gasteiger partial charge in [-0.25, -0.2) is 4.39 Å². The third-order valence-electron chi connectivity index (χ3n) is 6.03. The second-order valence-corrected chi connectivity index (χ2v) is 10.2. The molecule has 1 fully saturated rings. The van der Waals surface area contributed by atoms with E-state index in [9.17, 15) is 31.1 Å². The van der Waals surface area contributed by atoms with E-state index in [1.54, 1.807) is 29.2 Å². The lowest BCUT2D eigenvalue weighted by atomic mass is 9.93. The Bertz CT molecular complexity index is 1460. The highest BCUT2D eigenvalue weighted by atomic mass is 32.2. The number of nitrogens with zero attached hydrogens (tertiary/aromatic N) is 2. The SMILES string of the molecule is O=S(=O)(N=CC1COCC(N2c3ccccc3Oc3ccc(F)cc32)[C@H]1O)c1ccc(OC(F)(F)F)cc1. The van der Waals surface area contributed by atoms with E-state index in [1.165, 1.54) is 18.2 Å². The first kappa shape index (κ1) is 25.9. The molecule has 13 heteroatoms. The van der Waals surface area contributed by atoms with Crippen LogP contribution < -0.4 is 14.4 Å². The van der Waals surface area contributed by atoms with E-state index in [0.29, 0.717) is 22.9 Å². The molecule has 0 spiro atoms. The molecule has 1 N–H and O–H groups in total. The predicted octanol–water partition coefficient (Wildman–Crippen LogP) is 4.80. The minimum Gasteiger partial charge on any atom is -0.453 e. The number of aliphatic hydroxyl groups is 1. The van der Waals surface area contributed by atoms with Gasteiger partial charge in [-0.05, 0) is 48.5 Å². The normalized spacial score (nSPS) is 21.5. The van der Waals surface area contributed by atoms with Crippen molar-refractivity contribution >= 4 is 27.6 Å². The highest BCUT2D eigenvalue weighted by Crippen LogP contribution is 2.48. The molecular weight excluding hydrogens is 532 g/mol. The minimum absolute atomic E-state index is 0.0446. The van der Waals surface area contributed by atoms with Crippen molar-refractivity contribution in [1.82, 2.24) is 0 Å². The van der Waals surface area contributed by atoms with Crippen LogP contribution in [0.5, 0.6) is 17.2 Å². The molecule has 0 amide bonds. The molecule has 200 valence electrons. The molecule has 0 radical (unpaired) electrons. The van der Waals surface area contributed by atoms with Crippen LogP contribution in [0.1, 0.15) is 0 Å². The standard InChI is InChI=1S/C25H20F4N2O6S/c26-16-5-10-23-20(11-16)31(19-3-1-2-4-22(19)36-23)21-14-35-13-15(24(21)32)12-30-38(33,34)18-8-6-17(7-9-18)37-25(27,28)29/h1-12,15,21,24,32H,13-14H2/t15?,21?,24-/m0/s1. The molecule has 3 atom stereocenters. The Labute approximate surface area is 214 Å². The van der Waals surface area contributed by atoms with Gasteiger partial charge in [0.15, 0.2) is 11.5 Å². The van der Waals surface area contributed by atoms with Gasteiger partial charge in [-0.3, -0.25) is 0 Å². The predicted molar refractivity (Wildman–Crippen MR) is 128 cm³/mol. The molecule has 2 heterocycles. The van der Waals surface area contributed by atoms with Gasteiger partial charge < -0.3 is 24.2 Å². The summed E-state index contributed by atoms with van der Waals surface area (Å²) in [4.78, 5) is 1.33. The number of rotatable bonds is 5. The van der Waals surface area contributed by atoms with E-state index in [2.05, 4.69) is 9.13 Å². The fourth-order valence-corrected chi connectivity index (χ4v) is 5.23. The summed E-state index contributed by atoms with van der Waals surface area (Å²) in [6.45, 7) is 0.000252. The average molecular weight is 553 g/mol. The lowest BCUT2D eigenvalue weighted by Crippen LogP contribution is -2.53. The Morgan fingerprint density at radius 3 is 2.45 bits per heavy atom. The molecular formula is C25H20F4N2O6S. The summed E-state index contributed by atoms with van der Waals surface area (Å²) >= 11 is 0. The summed E-state index contributed by atoms with van der Waals surface area (Å²) in [6, 6.07) is 13.8. The lowest BCUT2D eigenvalue weighted by Gasteiger charge is -2.43. The molecule has 0 saturated carbocycles. The fourth-order valence-electron chi connectivity index (χ4n) is 4.31. The molecule has 38 heavy (non-hydrogen) atoms. The van der Waals surface area contributed by atoms with E-state index < -0.39 is 46.0 Å². The zero-order valence-corrected chi connectivity index (χ0v) is 20.2. The second kappa shape index (κ2) is 9.89. The maximum atomic E-state index is 14.2. The van der Waals surface area contributed by atoms with E-state index in [0.717, 1.165) is 30.5 Å². The van der Waals surface area contributed by atoms with Gasteiger partial charge in [-0.15, -0.1) is 13.2 Å². The Kier molecular flexibility index (Phi) is 6.75.